The van der Waals surface area contributed by atoms with Gasteiger partial charge in [-0.05, 0) is 29.4 Å². The van der Waals surface area contributed by atoms with E-state index in [9.17, 15) is 9.59 Å². The van der Waals surface area contributed by atoms with Gasteiger partial charge in [0.1, 0.15) is 0 Å². The third-order valence-electron chi connectivity index (χ3n) is 3.91. The average molecular weight is 289 g/mol. The number of anilines is 1. The first-order chi connectivity index (χ1) is 9.78. The number of aliphatic carboxylic acids is 1. The molecule has 1 unspecified atom stereocenters. The largest absolute Gasteiger partial charge is 0.481 e. The van der Waals surface area contributed by atoms with E-state index >= 15 is 0 Å². The number of carbonyl (C=O) groups is 2. The van der Waals surface area contributed by atoms with E-state index in [0.717, 1.165) is 12.1 Å². The molecule has 0 saturated heterocycles. The molecule has 1 aliphatic rings. The maximum atomic E-state index is 12.6. The van der Waals surface area contributed by atoms with Crippen molar-refractivity contribution in [3.8, 4) is 0 Å². The van der Waals surface area contributed by atoms with Crippen molar-refractivity contribution in [2.45, 2.75) is 40.0 Å². The van der Waals surface area contributed by atoms with E-state index in [0.29, 0.717) is 12.5 Å². The molecule has 0 spiro atoms. The summed E-state index contributed by atoms with van der Waals surface area (Å²) in [6.07, 6.45) is 1.24. The number of carboxylic acids is 1. The molecule has 114 valence electrons. The molecular weight excluding hydrogens is 266 g/mol. The summed E-state index contributed by atoms with van der Waals surface area (Å²) in [6, 6.07) is 7.97. The summed E-state index contributed by atoms with van der Waals surface area (Å²) in [4.78, 5) is 25.4. The molecule has 1 N–H and O–H groups in total. The van der Waals surface area contributed by atoms with Gasteiger partial charge in [0.25, 0.3) is 0 Å². The number of nitrogens with zero attached hydrogens (tertiary/aromatic N) is 1. The highest BCUT2D eigenvalue weighted by atomic mass is 16.4. The summed E-state index contributed by atoms with van der Waals surface area (Å²) in [6.45, 7) is 6.51. The highest BCUT2D eigenvalue weighted by Gasteiger charge is 2.31. The molecule has 0 fully saturated rings. The summed E-state index contributed by atoms with van der Waals surface area (Å²) in [5, 5.41) is 8.95. The van der Waals surface area contributed by atoms with Crippen molar-refractivity contribution in [3.63, 3.8) is 0 Å². The highest BCUT2D eigenvalue weighted by Crippen LogP contribution is 2.33. The molecule has 0 saturated carbocycles. The zero-order chi connectivity index (χ0) is 15.6. The van der Waals surface area contributed by atoms with E-state index in [1.807, 2.05) is 36.9 Å². The molecule has 0 radical (unpaired) electrons. The molecule has 1 heterocycles. The third kappa shape index (κ3) is 3.84. The summed E-state index contributed by atoms with van der Waals surface area (Å²) in [5.41, 5.74) is 1.64. The quantitative estimate of drug-likeness (QED) is 0.926. The molecule has 0 aliphatic carbocycles. The number of carbonyl (C=O) groups excluding carboxylic acids is 1. The van der Waals surface area contributed by atoms with Crippen molar-refractivity contribution in [3.05, 3.63) is 29.8 Å². The number of para-hydroxylation sites is 1. The van der Waals surface area contributed by atoms with Gasteiger partial charge in [-0.25, -0.2) is 0 Å². The molecule has 21 heavy (non-hydrogen) atoms. The Hall–Kier alpha value is -1.84. The number of fused-ring (bicyclic) bond motifs is 1. The van der Waals surface area contributed by atoms with Crippen LogP contribution < -0.4 is 4.90 Å². The second kappa shape index (κ2) is 5.88. The molecule has 1 aromatic rings. The van der Waals surface area contributed by atoms with Crippen LogP contribution in [0.5, 0.6) is 0 Å². The number of hydrogen-bond acceptors (Lipinski definition) is 2. The number of carboxylic acid groups (broad SMARTS) is 1. The van der Waals surface area contributed by atoms with Crippen LogP contribution in [-0.4, -0.2) is 23.5 Å². The Bertz CT molecular complexity index is 551. The first kappa shape index (κ1) is 15.5. The predicted molar refractivity (Wildman–Crippen MR) is 82.3 cm³/mol. The molecule has 1 amide bonds. The highest BCUT2D eigenvalue weighted by molar-refractivity contribution is 5.95. The van der Waals surface area contributed by atoms with Crippen molar-refractivity contribution in [2.75, 3.05) is 11.4 Å². The van der Waals surface area contributed by atoms with Gasteiger partial charge in [-0.15, -0.1) is 0 Å². The predicted octanol–water partition coefficient (Wildman–Crippen LogP) is 3.10. The van der Waals surface area contributed by atoms with Crippen LogP contribution in [0.3, 0.4) is 0 Å². The molecule has 4 heteroatoms. The van der Waals surface area contributed by atoms with E-state index in [1.165, 1.54) is 5.56 Å². The fraction of sp³-hybridized carbons (Fsp3) is 0.529. The average Bonchev–Trinajstić information content (AvgIpc) is 2.35. The van der Waals surface area contributed by atoms with Gasteiger partial charge in [0.2, 0.25) is 5.91 Å². The minimum Gasteiger partial charge on any atom is -0.481 e. The zero-order valence-electron chi connectivity index (χ0n) is 12.9. The van der Waals surface area contributed by atoms with Gasteiger partial charge in [0.15, 0.2) is 0 Å². The number of hydrogen-bond donors (Lipinski definition) is 1. The van der Waals surface area contributed by atoms with E-state index in [-0.39, 0.29) is 18.7 Å². The Kier molecular flexibility index (Phi) is 4.35. The summed E-state index contributed by atoms with van der Waals surface area (Å²) < 4.78 is 0. The van der Waals surface area contributed by atoms with Crippen molar-refractivity contribution >= 4 is 17.6 Å². The van der Waals surface area contributed by atoms with Crippen LogP contribution in [0.2, 0.25) is 0 Å². The Balaban J connectivity index is 2.18. The molecule has 4 nitrogen and oxygen atoms in total. The van der Waals surface area contributed by atoms with Crippen LogP contribution in [0, 0.1) is 11.3 Å². The minimum atomic E-state index is -0.861. The Morgan fingerprint density at radius 2 is 1.95 bits per heavy atom. The van der Waals surface area contributed by atoms with Crippen LogP contribution in [0.25, 0.3) is 0 Å². The standard InChI is InChI=1S/C17H23NO3/c1-12-8-13-6-4-5-7-14(13)18(11-12)15(19)9-17(2,3)10-16(20)21/h4-7,12H,8-11H2,1-3H3,(H,20,21). The van der Waals surface area contributed by atoms with Crippen molar-refractivity contribution in [1.82, 2.24) is 0 Å². The number of amides is 1. The van der Waals surface area contributed by atoms with E-state index in [2.05, 4.69) is 13.0 Å². The molecular formula is C17H23NO3. The maximum Gasteiger partial charge on any atom is 0.303 e. The second-order valence-electron chi connectivity index (χ2n) is 6.85. The van der Waals surface area contributed by atoms with Crippen LogP contribution in [0.15, 0.2) is 24.3 Å². The number of rotatable bonds is 4. The van der Waals surface area contributed by atoms with Gasteiger partial charge in [-0.1, -0.05) is 39.0 Å². The number of benzene rings is 1. The molecule has 1 aliphatic heterocycles. The molecule has 1 aromatic carbocycles. The van der Waals surface area contributed by atoms with Gasteiger partial charge >= 0.3 is 5.97 Å². The summed E-state index contributed by atoms with van der Waals surface area (Å²) >= 11 is 0. The van der Waals surface area contributed by atoms with Crippen molar-refractivity contribution in [2.24, 2.45) is 11.3 Å². The molecule has 2 rings (SSSR count). The summed E-state index contributed by atoms with van der Waals surface area (Å²) in [5.74, 6) is -0.424. The van der Waals surface area contributed by atoms with Crippen molar-refractivity contribution < 1.29 is 14.7 Å². The van der Waals surface area contributed by atoms with Crippen molar-refractivity contribution in [1.29, 1.82) is 0 Å². The second-order valence-corrected chi connectivity index (χ2v) is 6.85. The smallest absolute Gasteiger partial charge is 0.303 e. The monoisotopic (exact) mass is 289 g/mol. The molecule has 0 bridgehead atoms. The third-order valence-corrected chi connectivity index (χ3v) is 3.91. The Labute approximate surface area is 125 Å². The lowest BCUT2D eigenvalue weighted by Gasteiger charge is -2.35. The first-order valence-electron chi connectivity index (χ1n) is 7.38. The minimum absolute atomic E-state index is 0.00375. The Morgan fingerprint density at radius 3 is 2.62 bits per heavy atom. The SMILES string of the molecule is CC1Cc2ccccc2N(C(=O)CC(C)(C)CC(=O)O)C1. The van der Waals surface area contributed by atoms with Gasteiger partial charge in [-0.2, -0.15) is 0 Å². The van der Waals surface area contributed by atoms with E-state index in [1.54, 1.807) is 0 Å². The fourth-order valence-electron chi connectivity index (χ4n) is 3.01. The van der Waals surface area contributed by atoms with E-state index in [4.69, 9.17) is 5.11 Å². The zero-order valence-corrected chi connectivity index (χ0v) is 12.9. The topological polar surface area (TPSA) is 57.6 Å². The summed E-state index contributed by atoms with van der Waals surface area (Å²) in [7, 11) is 0. The van der Waals surface area contributed by atoms with Crippen LogP contribution >= 0.6 is 0 Å². The van der Waals surface area contributed by atoms with Gasteiger partial charge in [-0.3, -0.25) is 9.59 Å². The van der Waals surface area contributed by atoms with Gasteiger partial charge < -0.3 is 10.0 Å². The lowest BCUT2D eigenvalue weighted by Crippen LogP contribution is -2.41. The first-order valence-corrected chi connectivity index (χ1v) is 7.38. The lowest BCUT2D eigenvalue weighted by molar-refractivity contribution is -0.139. The molecule has 1 atom stereocenters. The fourth-order valence-corrected chi connectivity index (χ4v) is 3.01. The maximum absolute atomic E-state index is 12.6. The van der Waals surface area contributed by atoms with Gasteiger partial charge in [0, 0.05) is 18.7 Å². The molecule has 0 aromatic heterocycles. The normalized spacial score (nSPS) is 18.2. The van der Waals surface area contributed by atoms with Crippen LogP contribution in [0.4, 0.5) is 5.69 Å². The van der Waals surface area contributed by atoms with Gasteiger partial charge in [0.05, 0.1) is 6.42 Å². The Morgan fingerprint density at radius 1 is 1.29 bits per heavy atom. The van der Waals surface area contributed by atoms with Crippen LogP contribution in [0.1, 0.15) is 39.2 Å². The van der Waals surface area contributed by atoms with E-state index < -0.39 is 11.4 Å². The van der Waals surface area contributed by atoms with Crippen LogP contribution in [-0.2, 0) is 16.0 Å². The lowest BCUT2D eigenvalue weighted by atomic mass is 9.84.